The maximum absolute atomic E-state index is 11.6. The van der Waals surface area contributed by atoms with Crippen LogP contribution in [0.1, 0.15) is 29.9 Å². The molecule has 0 radical (unpaired) electrons. The Bertz CT molecular complexity index is 529. The van der Waals surface area contributed by atoms with Crippen LogP contribution in [0.4, 0.5) is 0 Å². The van der Waals surface area contributed by atoms with Gasteiger partial charge in [-0.05, 0) is 13.8 Å². The lowest BCUT2D eigenvalue weighted by molar-refractivity contribution is -0.578. The molecule has 2 rings (SSSR count). The first-order valence-corrected chi connectivity index (χ1v) is 5.43. The molecule has 1 N–H and O–H groups in total. The molecule has 0 amide bonds. The van der Waals surface area contributed by atoms with Crippen molar-refractivity contribution in [1.82, 2.24) is 0 Å². The van der Waals surface area contributed by atoms with Crippen LogP contribution in [0.25, 0.3) is 11.8 Å². The van der Waals surface area contributed by atoms with Gasteiger partial charge in [0, 0.05) is 23.8 Å². The Hall–Kier alpha value is -2.10. The van der Waals surface area contributed by atoms with E-state index in [1.807, 2.05) is 17.6 Å². The summed E-state index contributed by atoms with van der Waals surface area (Å²) in [6.45, 7) is 4.04. The van der Waals surface area contributed by atoms with E-state index in [0.717, 1.165) is 23.2 Å². The van der Waals surface area contributed by atoms with E-state index >= 15 is 0 Å². The van der Waals surface area contributed by atoms with Crippen LogP contribution < -0.4 is 4.57 Å². The monoisotopic (exact) mass is 232 g/mol. The van der Waals surface area contributed by atoms with Crippen LogP contribution in [0.5, 0.6) is 0 Å². The van der Waals surface area contributed by atoms with Gasteiger partial charge in [0.25, 0.3) is 0 Å². The minimum atomic E-state index is -0.330. The summed E-state index contributed by atoms with van der Waals surface area (Å²) in [5.41, 5.74) is 3.04. The van der Waals surface area contributed by atoms with Crippen molar-refractivity contribution in [1.29, 1.82) is 0 Å². The Morgan fingerprint density at radius 1 is 1.59 bits per heavy atom. The third-order valence-corrected chi connectivity index (χ3v) is 2.65. The van der Waals surface area contributed by atoms with Gasteiger partial charge in [0.05, 0.1) is 12.2 Å². The van der Waals surface area contributed by atoms with Crippen LogP contribution in [-0.4, -0.2) is 17.7 Å². The molecule has 17 heavy (non-hydrogen) atoms. The average Bonchev–Trinajstić information content (AvgIpc) is 2.63. The van der Waals surface area contributed by atoms with Gasteiger partial charge in [-0.15, -0.1) is 0 Å². The first-order chi connectivity index (χ1) is 8.17. The fraction of sp³-hybridized carbons (Fsp3) is 0.231. The average molecular weight is 232 g/mol. The summed E-state index contributed by atoms with van der Waals surface area (Å²) in [6, 6.07) is 3.43. The highest BCUT2D eigenvalue weighted by Gasteiger charge is 2.26. The van der Waals surface area contributed by atoms with Crippen LogP contribution in [-0.2, 0) is 4.74 Å². The number of aliphatic hydroxyl groups excluding tert-OH is 1. The molecule has 1 aliphatic rings. The zero-order valence-corrected chi connectivity index (χ0v) is 9.80. The molecule has 0 atom stereocenters. The third kappa shape index (κ3) is 1.93. The number of carbonyl (C=O) groups excluding carboxylic acids is 1. The van der Waals surface area contributed by atoms with Gasteiger partial charge in [-0.25, -0.2) is 4.79 Å². The lowest BCUT2D eigenvalue weighted by atomic mass is 10.2. The Kier molecular flexibility index (Phi) is 2.95. The van der Waals surface area contributed by atoms with Crippen LogP contribution >= 0.6 is 0 Å². The lowest BCUT2D eigenvalue weighted by Crippen LogP contribution is -2.32. The molecule has 0 aromatic carbocycles. The van der Waals surface area contributed by atoms with Gasteiger partial charge in [0.2, 0.25) is 11.4 Å². The second kappa shape index (κ2) is 4.41. The van der Waals surface area contributed by atoms with Crippen LogP contribution in [0, 0.1) is 0 Å². The minimum absolute atomic E-state index is 0.330. The normalized spacial score (nSPS) is 15.6. The highest BCUT2D eigenvalue weighted by Crippen LogP contribution is 2.20. The van der Waals surface area contributed by atoms with Crippen molar-refractivity contribution in [3.63, 3.8) is 0 Å². The Labute approximate surface area is 99.5 Å². The number of pyridine rings is 1. The zero-order valence-electron chi connectivity index (χ0n) is 9.80. The minimum Gasteiger partial charge on any atom is -0.509 e. The first kappa shape index (κ1) is 11.4. The number of aliphatic hydroxyl groups is 1. The fourth-order valence-electron chi connectivity index (χ4n) is 1.84. The maximum Gasteiger partial charge on any atom is 0.338 e. The zero-order chi connectivity index (χ0) is 12.4. The number of aromatic nitrogens is 1. The predicted molar refractivity (Wildman–Crippen MR) is 63.1 cm³/mol. The number of carbonyl (C=O) groups is 1. The SMILES string of the molecule is CCOC(=O)c1cc[n+]2c(c1)C=C(C)/C2=C\O. The van der Waals surface area contributed by atoms with Gasteiger partial charge in [-0.2, -0.15) is 4.57 Å². The van der Waals surface area contributed by atoms with E-state index in [-0.39, 0.29) is 5.97 Å². The molecule has 0 spiro atoms. The van der Waals surface area contributed by atoms with E-state index in [2.05, 4.69) is 0 Å². The Morgan fingerprint density at radius 2 is 2.35 bits per heavy atom. The molecule has 0 bridgehead atoms. The molecule has 1 aromatic heterocycles. The summed E-state index contributed by atoms with van der Waals surface area (Å²) in [5.74, 6) is -0.330. The van der Waals surface area contributed by atoms with Gasteiger partial charge in [0.1, 0.15) is 0 Å². The van der Waals surface area contributed by atoms with E-state index in [4.69, 9.17) is 9.84 Å². The molecule has 0 unspecified atom stereocenters. The second-order valence-electron chi connectivity index (χ2n) is 3.77. The molecule has 0 saturated carbocycles. The molecule has 4 heteroatoms. The van der Waals surface area contributed by atoms with Gasteiger partial charge < -0.3 is 9.84 Å². The van der Waals surface area contributed by atoms with E-state index in [1.54, 1.807) is 25.3 Å². The number of fused-ring (bicyclic) bond motifs is 1. The summed E-state index contributed by atoms with van der Waals surface area (Å²) in [4.78, 5) is 11.6. The second-order valence-corrected chi connectivity index (χ2v) is 3.77. The fourth-order valence-corrected chi connectivity index (χ4v) is 1.84. The van der Waals surface area contributed by atoms with Crippen molar-refractivity contribution in [3.8, 4) is 0 Å². The maximum atomic E-state index is 11.6. The van der Waals surface area contributed by atoms with Crippen molar-refractivity contribution in [2.45, 2.75) is 13.8 Å². The highest BCUT2D eigenvalue weighted by molar-refractivity contribution is 5.90. The molecular formula is C13H14NO3+. The van der Waals surface area contributed by atoms with Crippen molar-refractivity contribution < 1.29 is 19.2 Å². The molecule has 4 nitrogen and oxygen atoms in total. The molecule has 88 valence electrons. The van der Waals surface area contributed by atoms with Crippen LogP contribution in [0.3, 0.4) is 0 Å². The predicted octanol–water partition coefficient (Wildman–Crippen LogP) is 1.92. The van der Waals surface area contributed by atoms with E-state index in [1.165, 1.54) is 0 Å². The number of hydrogen-bond acceptors (Lipinski definition) is 3. The number of ether oxygens (including phenoxy) is 1. The molecule has 0 saturated heterocycles. The largest absolute Gasteiger partial charge is 0.509 e. The number of nitrogens with zero attached hydrogens (tertiary/aromatic N) is 1. The smallest absolute Gasteiger partial charge is 0.338 e. The van der Waals surface area contributed by atoms with E-state index in [9.17, 15) is 4.79 Å². The summed E-state index contributed by atoms with van der Waals surface area (Å²) < 4.78 is 6.75. The molecular weight excluding hydrogens is 218 g/mol. The molecule has 2 heterocycles. The highest BCUT2D eigenvalue weighted by atomic mass is 16.5. The molecule has 1 aromatic rings. The Balaban J connectivity index is 2.41. The lowest BCUT2D eigenvalue weighted by Gasteiger charge is -2.01. The van der Waals surface area contributed by atoms with E-state index in [0.29, 0.717) is 12.2 Å². The van der Waals surface area contributed by atoms with Crippen molar-refractivity contribution >= 4 is 17.7 Å². The van der Waals surface area contributed by atoms with Crippen molar-refractivity contribution in [2.24, 2.45) is 0 Å². The summed E-state index contributed by atoms with van der Waals surface area (Å²) in [6.07, 6.45) is 4.72. The number of hydrogen-bond donors (Lipinski definition) is 1. The summed E-state index contributed by atoms with van der Waals surface area (Å²) in [5, 5.41) is 9.13. The third-order valence-electron chi connectivity index (χ3n) is 2.65. The standard InChI is InChI=1S/C13H13NO3/c1-3-17-13(16)10-4-5-14-11(7-10)6-9(2)12(14)8-15/h4-8H,3H2,1-2H3/p+1. The molecule has 0 aliphatic carbocycles. The molecule has 1 aliphatic heterocycles. The Morgan fingerprint density at radius 3 is 3.00 bits per heavy atom. The summed E-state index contributed by atoms with van der Waals surface area (Å²) >= 11 is 0. The van der Waals surface area contributed by atoms with Crippen LogP contribution in [0.15, 0.2) is 30.2 Å². The molecule has 0 fully saturated rings. The van der Waals surface area contributed by atoms with Crippen LogP contribution in [0.2, 0.25) is 0 Å². The van der Waals surface area contributed by atoms with Gasteiger partial charge in [-0.3, -0.25) is 0 Å². The van der Waals surface area contributed by atoms with Crippen molar-refractivity contribution in [3.05, 3.63) is 41.4 Å². The number of esters is 1. The quantitative estimate of drug-likeness (QED) is 0.481. The van der Waals surface area contributed by atoms with Crippen molar-refractivity contribution in [2.75, 3.05) is 6.61 Å². The summed E-state index contributed by atoms with van der Waals surface area (Å²) in [7, 11) is 0. The topological polar surface area (TPSA) is 50.4 Å². The van der Waals surface area contributed by atoms with E-state index < -0.39 is 0 Å². The number of allylic oxidation sites excluding steroid dienone is 2. The van der Waals surface area contributed by atoms with Gasteiger partial charge >= 0.3 is 5.97 Å². The number of rotatable bonds is 2. The first-order valence-electron chi connectivity index (χ1n) is 5.43. The van der Waals surface area contributed by atoms with Gasteiger partial charge in [-0.1, -0.05) is 0 Å². The van der Waals surface area contributed by atoms with Gasteiger partial charge in [0.15, 0.2) is 12.5 Å².